The van der Waals surface area contributed by atoms with Crippen LogP contribution in [-0.2, 0) is 12.7 Å². The van der Waals surface area contributed by atoms with Crippen LogP contribution in [0.4, 0.5) is 13.2 Å². The van der Waals surface area contributed by atoms with Crippen molar-refractivity contribution in [1.29, 1.82) is 0 Å². The number of hydrogen-bond donors (Lipinski definition) is 1. The Bertz CT molecular complexity index is 903. The number of aromatic nitrogens is 6. The van der Waals surface area contributed by atoms with Gasteiger partial charge in [0.05, 0.1) is 0 Å². The van der Waals surface area contributed by atoms with E-state index in [2.05, 4.69) is 20.2 Å². The van der Waals surface area contributed by atoms with Crippen LogP contribution in [0.1, 0.15) is 31.4 Å². The van der Waals surface area contributed by atoms with Crippen molar-refractivity contribution >= 4 is 16.9 Å². The molecule has 0 aliphatic carbocycles. The predicted molar refractivity (Wildman–Crippen MR) is 71.5 cm³/mol. The Morgan fingerprint density at radius 2 is 2.00 bits per heavy atom. The summed E-state index contributed by atoms with van der Waals surface area (Å²) in [7, 11) is 0. The van der Waals surface area contributed by atoms with E-state index in [1.807, 2.05) is 6.92 Å². The molecule has 0 unspecified atom stereocenters. The number of fused-ring (bicyclic) bond motifs is 2. The molecular weight excluding hydrogens is 301 g/mol. The van der Waals surface area contributed by atoms with E-state index >= 15 is 0 Å². The van der Waals surface area contributed by atoms with Crippen molar-refractivity contribution in [2.75, 3.05) is 0 Å². The Morgan fingerprint density at radius 1 is 1.27 bits per heavy atom. The van der Waals surface area contributed by atoms with Crippen LogP contribution in [0.15, 0.2) is 4.79 Å². The van der Waals surface area contributed by atoms with Crippen LogP contribution >= 0.6 is 0 Å². The number of alkyl halides is 3. The zero-order valence-electron chi connectivity index (χ0n) is 11.9. The number of aromatic amines is 1. The highest BCUT2D eigenvalue weighted by Gasteiger charge is 2.36. The van der Waals surface area contributed by atoms with Crippen LogP contribution in [0.5, 0.6) is 0 Å². The monoisotopic (exact) mass is 314 g/mol. The lowest BCUT2D eigenvalue weighted by atomic mass is 10.3. The van der Waals surface area contributed by atoms with Gasteiger partial charge in [0.1, 0.15) is 5.82 Å². The molecule has 0 aliphatic heterocycles. The van der Waals surface area contributed by atoms with Crippen molar-refractivity contribution in [2.45, 2.75) is 39.4 Å². The van der Waals surface area contributed by atoms with E-state index in [0.29, 0.717) is 18.8 Å². The molecule has 0 fully saturated rings. The molecule has 7 nitrogen and oxygen atoms in total. The van der Waals surface area contributed by atoms with Crippen LogP contribution in [0, 0.1) is 6.92 Å². The van der Waals surface area contributed by atoms with E-state index in [0.717, 1.165) is 6.42 Å². The van der Waals surface area contributed by atoms with Crippen molar-refractivity contribution in [2.24, 2.45) is 0 Å². The summed E-state index contributed by atoms with van der Waals surface area (Å²) in [6, 6.07) is 0. The van der Waals surface area contributed by atoms with Gasteiger partial charge in [-0.25, -0.2) is 9.38 Å². The summed E-state index contributed by atoms with van der Waals surface area (Å²) < 4.78 is 41.3. The number of H-pyrrole nitrogens is 1. The number of nitrogens with zero attached hydrogens (tertiary/aromatic N) is 5. The number of aryl methyl sites for hydroxylation is 2. The number of unbranched alkanes of at least 4 members (excludes halogenated alkanes) is 1. The molecule has 0 saturated heterocycles. The smallest absolute Gasteiger partial charge is 0.328 e. The van der Waals surface area contributed by atoms with Crippen LogP contribution in [-0.4, -0.2) is 29.1 Å². The van der Waals surface area contributed by atoms with Gasteiger partial charge in [0.15, 0.2) is 11.2 Å². The number of hydrogen-bond acceptors (Lipinski definition) is 4. The van der Waals surface area contributed by atoms with Crippen molar-refractivity contribution in [3.05, 3.63) is 22.0 Å². The average Bonchev–Trinajstić information content (AvgIpc) is 3.03. The van der Waals surface area contributed by atoms with Crippen molar-refractivity contribution in [3.63, 3.8) is 0 Å². The fraction of sp³-hybridized carbons (Fsp3) is 0.500. The van der Waals surface area contributed by atoms with E-state index in [9.17, 15) is 18.0 Å². The average molecular weight is 314 g/mol. The van der Waals surface area contributed by atoms with Crippen LogP contribution in [0.2, 0.25) is 0 Å². The second-order valence-electron chi connectivity index (χ2n) is 4.97. The van der Waals surface area contributed by atoms with E-state index in [1.54, 1.807) is 6.92 Å². The topological polar surface area (TPSA) is 80.9 Å². The minimum absolute atomic E-state index is 0.0503. The molecule has 22 heavy (non-hydrogen) atoms. The SMILES string of the molecule is CCCCn1c2nc(C(F)(F)F)[nH]c2c(=O)n2c(C)nnc12. The van der Waals surface area contributed by atoms with Crippen LogP contribution < -0.4 is 5.56 Å². The highest BCUT2D eigenvalue weighted by molar-refractivity contribution is 5.73. The van der Waals surface area contributed by atoms with Crippen molar-refractivity contribution in [1.82, 2.24) is 29.1 Å². The molecule has 3 aromatic rings. The maximum atomic E-state index is 12.9. The number of imidazole rings is 1. The second kappa shape index (κ2) is 4.82. The maximum absolute atomic E-state index is 12.9. The van der Waals surface area contributed by atoms with E-state index < -0.39 is 17.6 Å². The molecule has 3 aromatic heterocycles. The first-order chi connectivity index (χ1) is 10.3. The van der Waals surface area contributed by atoms with Gasteiger partial charge in [-0.15, -0.1) is 10.2 Å². The van der Waals surface area contributed by atoms with Gasteiger partial charge in [-0.1, -0.05) is 13.3 Å². The molecule has 1 N–H and O–H groups in total. The predicted octanol–water partition coefficient (Wildman–Crippen LogP) is 1.89. The van der Waals surface area contributed by atoms with Gasteiger partial charge in [0.2, 0.25) is 11.6 Å². The lowest BCUT2D eigenvalue weighted by Gasteiger charge is -2.08. The molecule has 0 atom stereocenters. The molecule has 3 heterocycles. The van der Waals surface area contributed by atoms with Crippen LogP contribution in [0.25, 0.3) is 16.9 Å². The first kappa shape index (κ1) is 14.5. The summed E-state index contributed by atoms with van der Waals surface area (Å²) in [5.74, 6) is -0.678. The molecule has 3 rings (SSSR count). The summed E-state index contributed by atoms with van der Waals surface area (Å²) in [4.78, 5) is 18.0. The van der Waals surface area contributed by atoms with Crippen molar-refractivity contribution < 1.29 is 13.2 Å². The Hall–Kier alpha value is -2.39. The Kier molecular flexibility index (Phi) is 3.18. The minimum Gasteiger partial charge on any atom is -0.328 e. The zero-order chi connectivity index (χ0) is 16.1. The normalized spacial score (nSPS) is 12.6. The largest absolute Gasteiger partial charge is 0.449 e. The van der Waals surface area contributed by atoms with E-state index in [1.165, 1.54) is 8.97 Å². The molecule has 118 valence electrons. The summed E-state index contributed by atoms with van der Waals surface area (Å²) in [5, 5.41) is 7.72. The first-order valence-corrected chi connectivity index (χ1v) is 6.76. The maximum Gasteiger partial charge on any atom is 0.449 e. The van der Waals surface area contributed by atoms with Crippen LogP contribution in [0.3, 0.4) is 0 Å². The summed E-state index contributed by atoms with van der Waals surface area (Å²) in [5.41, 5.74) is -0.882. The van der Waals surface area contributed by atoms with Gasteiger partial charge >= 0.3 is 6.18 Å². The number of halogens is 3. The Balaban J connectivity index is 2.41. The summed E-state index contributed by atoms with van der Waals surface area (Å²) in [6.45, 7) is 3.92. The third-order valence-corrected chi connectivity index (χ3v) is 3.41. The second-order valence-corrected chi connectivity index (χ2v) is 4.97. The fourth-order valence-electron chi connectivity index (χ4n) is 2.34. The molecular formula is C12H13F3N6O. The quantitative estimate of drug-likeness (QED) is 0.800. The number of nitrogens with one attached hydrogen (secondary N) is 1. The lowest BCUT2D eigenvalue weighted by Crippen LogP contribution is -2.20. The fourth-order valence-corrected chi connectivity index (χ4v) is 2.34. The molecule has 0 bridgehead atoms. The highest BCUT2D eigenvalue weighted by atomic mass is 19.4. The minimum atomic E-state index is -4.65. The Labute approximate surface area is 121 Å². The van der Waals surface area contributed by atoms with Gasteiger partial charge in [-0.2, -0.15) is 13.2 Å². The van der Waals surface area contributed by atoms with Crippen molar-refractivity contribution in [3.8, 4) is 0 Å². The third kappa shape index (κ3) is 2.06. The third-order valence-electron chi connectivity index (χ3n) is 3.41. The summed E-state index contributed by atoms with van der Waals surface area (Å²) in [6.07, 6.45) is -3.10. The van der Waals surface area contributed by atoms with Gasteiger partial charge < -0.3 is 4.98 Å². The zero-order valence-corrected chi connectivity index (χ0v) is 11.9. The van der Waals surface area contributed by atoms with Gasteiger partial charge in [0, 0.05) is 6.54 Å². The molecule has 0 spiro atoms. The Morgan fingerprint density at radius 3 is 2.64 bits per heavy atom. The first-order valence-electron chi connectivity index (χ1n) is 6.76. The summed E-state index contributed by atoms with van der Waals surface area (Å²) >= 11 is 0. The standard InChI is InChI=1S/C12H13F3N6O/c1-3-4-5-20-8-7(16-10(17-8)12(13,14)15)9(22)21-6(2)18-19-11(20)21/h3-5H2,1-2H3,(H,16,17). The molecule has 0 radical (unpaired) electrons. The number of rotatable bonds is 3. The molecule has 0 aromatic carbocycles. The molecule has 0 saturated carbocycles. The molecule has 0 aliphatic rings. The van der Waals surface area contributed by atoms with Gasteiger partial charge in [0.25, 0.3) is 5.56 Å². The van der Waals surface area contributed by atoms with E-state index in [4.69, 9.17) is 0 Å². The lowest BCUT2D eigenvalue weighted by molar-refractivity contribution is -0.144. The molecule has 0 amide bonds. The van der Waals surface area contributed by atoms with Gasteiger partial charge in [-0.05, 0) is 13.3 Å². The van der Waals surface area contributed by atoms with E-state index in [-0.39, 0.29) is 16.9 Å². The highest BCUT2D eigenvalue weighted by Crippen LogP contribution is 2.28. The van der Waals surface area contributed by atoms with Gasteiger partial charge in [-0.3, -0.25) is 9.36 Å². The molecule has 10 heteroatoms.